The zero-order valence-electron chi connectivity index (χ0n) is 29.3. The van der Waals surface area contributed by atoms with Crippen molar-refractivity contribution in [2.45, 2.75) is 94.9 Å². The highest BCUT2D eigenvalue weighted by molar-refractivity contribution is 7.88. The summed E-state index contributed by atoms with van der Waals surface area (Å²) in [6.07, 6.45) is 11.1. The Morgan fingerprint density at radius 2 is 1.92 bits per heavy atom. The molecule has 0 saturated heterocycles. The van der Waals surface area contributed by atoms with Gasteiger partial charge >= 0.3 is 5.97 Å². The van der Waals surface area contributed by atoms with Gasteiger partial charge in [-0.05, 0) is 135 Å². The number of rotatable bonds is 14. The van der Waals surface area contributed by atoms with E-state index in [2.05, 4.69) is 41.0 Å². The second-order valence-electron chi connectivity index (χ2n) is 14.9. The Kier molecular flexibility index (Phi) is 11.0. The summed E-state index contributed by atoms with van der Waals surface area (Å²) >= 11 is 6.26. The van der Waals surface area contributed by atoms with Crippen LogP contribution in [0.5, 0.6) is 11.5 Å². The number of halogens is 1. The molecule has 0 radical (unpaired) electrons. The van der Waals surface area contributed by atoms with Crippen LogP contribution < -0.4 is 19.5 Å². The number of fused-ring (bicyclic) bond motifs is 3. The molecule has 9 nitrogen and oxygen atoms in total. The molecule has 1 aromatic heterocycles. The number of carboxylic acids is 1. The first kappa shape index (κ1) is 36.5. The summed E-state index contributed by atoms with van der Waals surface area (Å²) in [6, 6.07) is 15.6. The first-order valence-corrected chi connectivity index (χ1v) is 20.2. The standard InChI is InChI=1S/C39H50ClN3O6S/c1-26(25-49-35-13-19-41-34-10-4-7-27(2)36(34)35)21-29-22-28-11-12-32(48-20-6-18-42-50(3,46)47)24-33(28)38(29)14-16-39(17-15-38,37(44)45)43-31-9-5-8-30(40)23-31/h5,8-9,11-13,19,23-24,26-27,29,42-43H,4,6-7,10,14-18,20-22,25H2,1-3H3,(H,44,45)/t26-,27-,29?,38?,39?/m1/s1. The summed E-state index contributed by atoms with van der Waals surface area (Å²) < 4.78 is 38.1. The van der Waals surface area contributed by atoms with Gasteiger partial charge in [-0.2, -0.15) is 0 Å². The minimum absolute atomic E-state index is 0.208. The summed E-state index contributed by atoms with van der Waals surface area (Å²) in [5.41, 5.74) is 4.37. The van der Waals surface area contributed by atoms with Crippen molar-refractivity contribution in [1.82, 2.24) is 9.71 Å². The first-order valence-electron chi connectivity index (χ1n) is 18.0. The van der Waals surface area contributed by atoms with Crippen molar-refractivity contribution < 1.29 is 27.8 Å². The third-order valence-electron chi connectivity index (χ3n) is 11.2. The van der Waals surface area contributed by atoms with Crippen molar-refractivity contribution in [2.75, 3.05) is 31.3 Å². The minimum Gasteiger partial charge on any atom is -0.494 e. The molecule has 6 rings (SSSR count). The molecule has 3 aliphatic rings. The number of hydrogen-bond acceptors (Lipinski definition) is 7. The molecular weight excluding hydrogens is 674 g/mol. The quantitative estimate of drug-likeness (QED) is 0.146. The number of aromatic nitrogens is 1. The molecule has 1 unspecified atom stereocenters. The number of nitrogens with one attached hydrogen (secondary N) is 2. The number of carbonyl (C=O) groups is 1. The van der Waals surface area contributed by atoms with Crippen LogP contribution in [0.2, 0.25) is 5.02 Å². The molecule has 270 valence electrons. The molecule has 0 bridgehead atoms. The monoisotopic (exact) mass is 723 g/mol. The number of anilines is 1. The molecule has 11 heteroatoms. The van der Waals surface area contributed by atoms with Gasteiger partial charge in [-0.1, -0.05) is 37.6 Å². The predicted molar refractivity (Wildman–Crippen MR) is 197 cm³/mol. The number of pyridine rings is 1. The van der Waals surface area contributed by atoms with Crippen LogP contribution in [0.1, 0.15) is 93.5 Å². The molecule has 1 saturated carbocycles. The largest absolute Gasteiger partial charge is 0.494 e. The highest BCUT2D eigenvalue weighted by Gasteiger charge is 2.54. The first-order chi connectivity index (χ1) is 23.9. The van der Waals surface area contributed by atoms with E-state index in [1.165, 1.54) is 22.4 Å². The number of ether oxygens (including phenoxy) is 2. The fraction of sp³-hybridized carbons (Fsp3) is 0.538. The summed E-state index contributed by atoms with van der Waals surface area (Å²) in [7, 11) is -3.25. The van der Waals surface area contributed by atoms with Gasteiger partial charge in [0.25, 0.3) is 0 Å². The molecule has 1 heterocycles. The van der Waals surface area contributed by atoms with Crippen molar-refractivity contribution in [2.24, 2.45) is 11.8 Å². The maximum atomic E-state index is 12.9. The van der Waals surface area contributed by atoms with E-state index in [4.69, 9.17) is 21.1 Å². The van der Waals surface area contributed by atoms with Crippen LogP contribution in [0.25, 0.3) is 0 Å². The molecule has 3 atom stereocenters. The van der Waals surface area contributed by atoms with Gasteiger partial charge in [-0.3, -0.25) is 4.98 Å². The lowest BCUT2D eigenvalue weighted by Gasteiger charge is -2.47. The van der Waals surface area contributed by atoms with Crippen molar-refractivity contribution in [3.05, 3.63) is 82.1 Å². The molecule has 3 N–H and O–H groups in total. The lowest BCUT2D eigenvalue weighted by atomic mass is 9.59. The van der Waals surface area contributed by atoms with Gasteiger partial charge < -0.3 is 19.9 Å². The van der Waals surface area contributed by atoms with E-state index in [9.17, 15) is 18.3 Å². The Hall–Kier alpha value is -3.34. The number of hydrogen-bond donors (Lipinski definition) is 3. The number of carboxylic acid groups (broad SMARTS) is 1. The van der Waals surface area contributed by atoms with Crippen LogP contribution in [-0.4, -0.2) is 56.0 Å². The average Bonchev–Trinajstić information content (AvgIpc) is 3.35. The van der Waals surface area contributed by atoms with Crippen molar-refractivity contribution in [3.63, 3.8) is 0 Å². The van der Waals surface area contributed by atoms with Gasteiger partial charge in [0.05, 0.1) is 19.5 Å². The average molecular weight is 724 g/mol. The smallest absolute Gasteiger partial charge is 0.329 e. The summed E-state index contributed by atoms with van der Waals surface area (Å²) in [4.78, 5) is 17.6. The number of benzene rings is 2. The summed E-state index contributed by atoms with van der Waals surface area (Å²) in [5.74, 6) is 1.90. The van der Waals surface area contributed by atoms with Gasteiger partial charge in [-0.25, -0.2) is 17.9 Å². The molecule has 2 aromatic carbocycles. The van der Waals surface area contributed by atoms with Crippen LogP contribution >= 0.6 is 11.6 Å². The number of nitrogens with zero attached hydrogens (tertiary/aromatic N) is 1. The predicted octanol–water partition coefficient (Wildman–Crippen LogP) is 7.52. The minimum atomic E-state index is -3.25. The van der Waals surface area contributed by atoms with Gasteiger partial charge in [0, 0.05) is 34.7 Å². The van der Waals surface area contributed by atoms with Crippen molar-refractivity contribution in [3.8, 4) is 11.5 Å². The van der Waals surface area contributed by atoms with E-state index in [1.54, 1.807) is 12.1 Å². The van der Waals surface area contributed by atoms with Crippen LogP contribution in [0.4, 0.5) is 5.69 Å². The molecule has 50 heavy (non-hydrogen) atoms. The number of sulfonamides is 1. The second-order valence-corrected chi connectivity index (χ2v) is 17.2. The van der Waals surface area contributed by atoms with E-state index in [-0.39, 0.29) is 11.3 Å². The van der Waals surface area contributed by atoms with Crippen molar-refractivity contribution >= 4 is 33.3 Å². The molecule has 1 spiro atoms. The summed E-state index contributed by atoms with van der Waals surface area (Å²) in [6.45, 7) is 5.83. The Balaban J connectivity index is 1.21. The van der Waals surface area contributed by atoms with Crippen LogP contribution in [0, 0.1) is 11.8 Å². The summed E-state index contributed by atoms with van der Waals surface area (Å²) in [5, 5.41) is 14.5. The Labute approximate surface area is 301 Å². The van der Waals surface area contributed by atoms with Crippen molar-refractivity contribution in [1.29, 1.82) is 0 Å². The molecule has 0 aliphatic heterocycles. The molecule has 3 aliphatic carbocycles. The maximum absolute atomic E-state index is 12.9. The third-order valence-corrected chi connectivity index (χ3v) is 12.2. The van der Waals surface area contributed by atoms with Crippen LogP contribution in [0.15, 0.2) is 54.7 Å². The third kappa shape index (κ3) is 8.08. The second kappa shape index (κ2) is 15.1. The normalized spacial score (nSPS) is 25.0. The fourth-order valence-electron chi connectivity index (χ4n) is 8.69. The van der Waals surface area contributed by atoms with E-state index in [0.717, 1.165) is 62.7 Å². The van der Waals surface area contributed by atoms with E-state index in [0.29, 0.717) is 61.6 Å². The van der Waals surface area contributed by atoms with Gasteiger partial charge in [-0.15, -0.1) is 0 Å². The number of aliphatic carboxylic acids is 1. The lowest BCUT2D eigenvalue weighted by molar-refractivity contribution is -0.144. The van der Waals surface area contributed by atoms with E-state index in [1.807, 2.05) is 30.5 Å². The van der Waals surface area contributed by atoms with Gasteiger partial charge in [0.1, 0.15) is 17.0 Å². The zero-order chi connectivity index (χ0) is 35.5. The highest BCUT2D eigenvalue weighted by Crippen LogP contribution is 2.56. The highest BCUT2D eigenvalue weighted by atomic mass is 35.5. The topological polar surface area (TPSA) is 127 Å². The van der Waals surface area contributed by atoms with Gasteiger partial charge in [0.2, 0.25) is 10.0 Å². The van der Waals surface area contributed by atoms with Gasteiger partial charge in [0.15, 0.2) is 0 Å². The fourth-order valence-corrected chi connectivity index (χ4v) is 9.39. The Bertz CT molecular complexity index is 1790. The molecule has 3 aromatic rings. The maximum Gasteiger partial charge on any atom is 0.329 e. The van der Waals surface area contributed by atoms with E-state index < -0.39 is 21.5 Å². The van der Waals surface area contributed by atoms with Crippen LogP contribution in [0.3, 0.4) is 0 Å². The zero-order valence-corrected chi connectivity index (χ0v) is 30.9. The molecule has 1 fully saturated rings. The Morgan fingerprint density at radius 1 is 1.12 bits per heavy atom. The SMILES string of the molecule is C[C@@H](COc1ccnc2c1[C@H](C)CCC2)CC1Cc2ccc(OCCCNS(C)(=O)=O)cc2C12CCC(Nc1cccc(Cl)c1)(C(=O)O)CC2. The molecule has 0 amide bonds. The lowest BCUT2D eigenvalue weighted by Crippen LogP contribution is -2.53. The van der Waals surface area contributed by atoms with E-state index >= 15 is 0 Å². The number of aryl methyl sites for hydroxylation is 1. The Morgan fingerprint density at radius 3 is 2.66 bits per heavy atom. The molecular formula is C39H50ClN3O6S. The van der Waals surface area contributed by atoms with Crippen LogP contribution in [-0.2, 0) is 33.1 Å².